The molecule has 0 aliphatic heterocycles. The van der Waals surface area contributed by atoms with Crippen LogP contribution in [0.1, 0.15) is 10.4 Å². The molecular formula is C13H13BrN2S2. The first-order chi connectivity index (χ1) is 8.66. The summed E-state index contributed by atoms with van der Waals surface area (Å²) in [6.45, 7) is 0.868. The molecule has 1 aromatic carbocycles. The Morgan fingerprint density at radius 3 is 2.72 bits per heavy atom. The standard InChI is InChI=1S/C13H13BrN2S2/c14-12-6-5-9(18-12)7-8-16-11-4-2-1-3-10(11)13(15)17/h1-6,16H,7-8H2,(H2,15,17). The quantitative estimate of drug-likeness (QED) is 0.813. The molecule has 0 spiro atoms. The van der Waals surface area contributed by atoms with Crippen molar-refractivity contribution in [1.82, 2.24) is 0 Å². The van der Waals surface area contributed by atoms with Crippen LogP contribution in [0.2, 0.25) is 0 Å². The maximum absolute atomic E-state index is 5.69. The summed E-state index contributed by atoms with van der Waals surface area (Å²) in [5.74, 6) is 0. The molecule has 1 aromatic heterocycles. The van der Waals surface area contributed by atoms with E-state index < -0.39 is 0 Å². The van der Waals surface area contributed by atoms with E-state index in [0.717, 1.165) is 24.2 Å². The highest BCUT2D eigenvalue weighted by Crippen LogP contribution is 2.22. The average molecular weight is 341 g/mol. The van der Waals surface area contributed by atoms with E-state index in [4.69, 9.17) is 18.0 Å². The third-order valence-corrected chi connectivity index (χ3v) is 4.41. The summed E-state index contributed by atoms with van der Waals surface area (Å²) in [4.78, 5) is 1.78. The summed E-state index contributed by atoms with van der Waals surface area (Å²) >= 11 is 10.3. The lowest BCUT2D eigenvalue weighted by Crippen LogP contribution is -2.14. The first-order valence-electron chi connectivity index (χ1n) is 5.54. The Balaban J connectivity index is 1.96. The number of hydrogen-bond acceptors (Lipinski definition) is 3. The Kier molecular flexibility index (Phi) is 4.74. The van der Waals surface area contributed by atoms with Crippen molar-refractivity contribution in [3.8, 4) is 0 Å². The maximum Gasteiger partial charge on any atom is 0.106 e. The predicted octanol–water partition coefficient (Wildman–Crippen LogP) is 3.80. The highest BCUT2D eigenvalue weighted by molar-refractivity contribution is 9.11. The Hall–Kier alpha value is -0.910. The number of anilines is 1. The predicted molar refractivity (Wildman–Crippen MR) is 86.5 cm³/mol. The van der Waals surface area contributed by atoms with Crippen LogP contribution in [0, 0.1) is 0 Å². The van der Waals surface area contributed by atoms with Crippen LogP contribution >= 0.6 is 39.5 Å². The minimum absolute atomic E-state index is 0.428. The lowest BCUT2D eigenvalue weighted by molar-refractivity contribution is 1.04. The number of nitrogens with two attached hydrogens (primary N) is 1. The van der Waals surface area contributed by atoms with Crippen LogP contribution < -0.4 is 11.1 Å². The van der Waals surface area contributed by atoms with Crippen molar-refractivity contribution in [1.29, 1.82) is 0 Å². The van der Waals surface area contributed by atoms with Crippen molar-refractivity contribution in [3.63, 3.8) is 0 Å². The molecule has 5 heteroatoms. The third kappa shape index (κ3) is 3.54. The molecular weight excluding hydrogens is 328 g/mol. The lowest BCUT2D eigenvalue weighted by atomic mass is 10.1. The molecule has 0 atom stereocenters. The van der Waals surface area contributed by atoms with Crippen LogP contribution in [0.4, 0.5) is 5.69 Å². The molecule has 1 heterocycles. The normalized spacial score (nSPS) is 10.3. The van der Waals surface area contributed by atoms with Crippen molar-refractivity contribution in [2.75, 3.05) is 11.9 Å². The van der Waals surface area contributed by atoms with Gasteiger partial charge in [-0.05, 0) is 46.6 Å². The molecule has 0 saturated carbocycles. The van der Waals surface area contributed by atoms with Gasteiger partial charge < -0.3 is 11.1 Å². The summed E-state index contributed by atoms with van der Waals surface area (Å²) in [5, 5.41) is 3.38. The number of thiocarbonyl (C=S) groups is 1. The maximum atomic E-state index is 5.69. The molecule has 0 radical (unpaired) electrons. The molecule has 0 amide bonds. The summed E-state index contributed by atoms with van der Waals surface area (Å²) in [6.07, 6.45) is 0.988. The second kappa shape index (κ2) is 6.31. The number of thiophene rings is 1. The van der Waals surface area contributed by atoms with Gasteiger partial charge in [-0.1, -0.05) is 24.4 Å². The van der Waals surface area contributed by atoms with Gasteiger partial charge in [0.1, 0.15) is 4.99 Å². The highest BCUT2D eigenvalue weighted by atomic mass is 79.9. The van der Waals surface area contributed by atoms with E-state index in [0.29, 0.717) is 4.99 Å². The van der Waals surface area contributed by atoms with Gasteiger partial charge >= 0.3 is 0 Å². The SMILES string of the molecule is NC(=S)c1ccccc1NCCc1ccc(Br)s1. The molecule has 0 unspecified atom stereocenters. The fraction of sp³-hybridized carbons (Fsp3) is 0.154. The molecule has 94 valence electrons. The smallest absolute Gasteiger partial charge is 0.106 e. The van der Waals surface area contributed by atoms with E-state index in [1.165, 1.54) is 8.66 Å². The lowest BCUT2D eigenvalue weighted by Gasteiger charge is -2.10. The average Bonchev–Trinajstić information content (AvgIpc) is 2.75. The van der Waals surface area contributed by atoms with Crippen LogP contribution in [-0.2, 0) is 6.42 Å². The zero-order valence-electron chi connectivity index (χ0n) is 9.65. The zero-order chi connectivity index (χ0) is 13.0. The van der Waals surface area contributed by atoms with E-state index in [1.54, 1.807) is 11.3 Å². The number of halogens is 1. The second-order valence-electron chi connectivity index (χ2n) is 3.79. The molecule has 2 nitrogen and oxygen atoms in total. The summed E-state index contributed by atoms with van der Waals surface area (Å²) in [5.41, 5.74) is 7.59. The number of para-hydroxylation sites is 1. The number of hydrogen-bond donors (Lipinski definition) is 2. The van der Waals surface area contributed by atoms with Gasteiger partial charge in [-0.25, -0.2) is 0 Å². The van der Waals surface area contributed by atoms with Crippen LogP contribution in [-0.4, -0.2) is 11.5 Å². The molecule has 0 aliphatic rings. The topological polar surface area (TPSA) is 38.0 Å². The van der Waals surface area contributed by atoms with E-state index in [2.05, 4.69) is 33.4 Å². The van der Waals surface area contributed by atoms with E-state index in [1.807, 2.05) is 24.3 Å². The van der Waals surface area contributed by atoms with Gasteiger partial charge in [-0.3, -0.25) is 0 Å². The fourth-order valence-electron chi connectivity index (χ4n) is 1.66. The van der Waals surface area contributed by atoms with Gasteiger partial charge in [-0.2, -0.15) is 0 Å². The fourth-order valence-corrected chi connectivity index (χ4v) is 3.32. The van der Waals surface area contributed by atoms with E-state index in [-0.39, 0.29) is 0 Å². The van der Waals surface area contributed by atoms with Gasteiger partial charge in [0.2, 0.25) is 0 Å². The summed E-state index contributed by atoms with van der Waals surface area (Å²) in [7, 11) is 0. The minimum Gasteiger partial charge on any atom is -0.389 e. The number of rotatable bonds is 5. The first-order valence-corrected chi connectivity index (χ1v) is 7.55. The van der Waals surface area contributed by atoms with Gasteiger partial charge in [-0.15, -0.1) is 11.3 Å². The molecule has 3 N–H and O–H groups in total. The molecule has 2 aromatic rings. The largest absolute Gasteiger partial charge is 0.389 e. The number of benzene rings is 1. The molecule has 0 fully saturated rings. The van der Waals surface area contributed by atoms with Crippen molar-refractivity contribution in [2.24, 2.45) is 5.73 Å². The van der Waals surface area contributed by atoms with Crippen LogP contribution in [0.3, 0.4) is 0 Å². The second-order valence-corrected chi connectivity index (χ2v) is 6.78. The van der Waals surface area contributed by atoms with Crippen LogP contribution in [0.15, 0.2) is 40.2 Å². The van der Waals surface area contributed by atoms with E-state index in [9.17, 15) is 0 Å². The third-order valence-electron chi connectivity index (χ3n) is 2.51. The van der Waals surface area contributed by atoms with Crippen LogP contribution in [0.5, 0.6) is 0 Å². The molecule has 0 saturated heterocycles. The van der Waals surface area contributed by atoms with Crippen molar-refractivity contribution in [3.05, 3.63) is 50.6 Å². The molecule has 2 rings (SSSR count). The molecule has 18 heavy (non-hydrogen) atoms. The van der Waals surface area contributed by atoms with Gasteiger partial charge in [0, 0.05) is 22.7 Å². The first kappa shape index (κ1) is 13.5. The Morgan fingerprint density at radius 2 is 2.06 bits per heavy atom. The van der Waals surface area contributed by atoms with E-state index >= 15 is 0 Å². The van der Waals surface area contributed by atoms with Crippen molar-refractivity contribution >= 4 is 50.2 Å². The Morgan fingerprint density at radius 1 is 1.28 bits per heavy atom. The number of nitrogens with one attached hydrogen (secondary N) is 1. The summed E-state index contributed by atoms with van der Waals surface area (Å²) < 4.78 is 1.17. The van der Waals surface area contributed by atoms with Crippen LogP contribution in [0.25, 0.3) is 0 Å². The van der Waals surface area contributed by atoms with Gasteiger partial charge in [0.15, 0.2) is 0 Å². The zero-order valence-corrected chi connectivity index (χ0v) is 12.9. The minimum atomic E-state index is 0.428. The van der Waals surface area contributed by atoms with Crippen molar-refractivity contribution in [2.45, 2.75) is 6.42 Å². The summed E-state index contributed by atoms with van der Waals surface area (Å²) in [6, 6.07) is 12.1. The molecule has 0 aliphatic carbocycles. The molecule has 0 bridgehead atoms. The Bertz CT molecular complexity index is 551. The van der Waals surface area contributed by atoms with Gasteiger partial charge in [0.05, 0.1) is 3.79 Å². The van der Waals surface area contributed by atoms with Crippen molar-refractivity contribution < 1.29 is 0 Å². The monoisotopic (exact) mass is 340 g/mol. The van der Waals surface area contributed by atoms with Gasteiger partial charge in [0.25, 0.3) is 0 Å². The Labute approximate surface area is 124 Å². The highest BCUT2D eigenvalue weighted by Gasteiger charge is 2.03.